The van der Waals surface area contributed by atoms with E-state index in [0.29, 0.717) is 5.02 Å². The minimum Gasteiger partial charge on any atom is -0.324 e. The van der Waals surface area contributed by atoms with Gasteiger partial charge in [-0.15, -0.1) is 0 Å². The second-order valence-corrected chi connectivity index (χ2v) is 6.41. The second-order valence-electron chi connectivity index (χ2n) is 4.85. The van der Waals surface area contributed by atoms with Crippen LogP contribution in [0.5, 0.6) is 0 Å². The average molecular weight is 346 g/mol. The van der Waals surface area contributed by atoms with Crippen LogP contribution in [-0.2, 0) is 0 Å². The van der Waals surface area contributed by atoms with Crippen molar-refractivity contribution < 1.29 is 13.2 Å². The summed E-state index contributed by atoms with van der Waals surface area (Å²) in [5.74, 6) is 0. The number of nitrogens with two attached hydrogens (primary N) is 1. The predicted molar refractivity (Wildman–Crippen MR) is 84.2 cm³/mol. The topological polar surface area (TPSA) is 26.0 Å². The fourth-order valence-electron chi connectivity index (χ4n) is 1.98. The summed E-state index contributed by atoms with van der Waals surface area (Å²) in [6.07, 6.45) is -5.19. The van der Waals surface area contributed by atoms with Crippen LogP contribution in [-0.4, -0.2) is 6.18 Å². The number of hydrogen-bond donors (Lipinski definition) is 1. The Hall–Kier alpha value is -1.17. The highest BCUT2D eigenvalue weighted by atomic mass is 35.5. The van der Waals surface area contributed by atoms with Crippen molar-refractivity contribution in [2.45, 2.75) is 34.9 Å². The maximum absolute atomic E-state index is 12.3. The molecule has 2 aromatic carbocycles. The van der Waals surface area contributed by atoms with E-state index in [-0.39, 0.29) is 6.42 Å². The summed E-state index contributed by atoms with van der Waals surface area (Å²) in [6.45, 7) is 0. The third-order valence-corrected chi connectivity index (χ3v) is 4.45. The van der Waals surface area contributed by atoms with E-state index in [0.717, 1.165) is 15.4 Å². The summed E-state index contributed by atoms with van der Waals surface area (Å²) in [5.41, 5.74) is 6.67. The Balaban J connectivity index is 2.14. The van der Waals surface area contributed by atoms with Gasteiger partial charge in [0.15, 0.2) is 0 Å². The molecule has 0 unspecified atom stereocenters. The normalized spacial score (nSPS) is 13.1. The largest absolute Gasteiger partial charge is 0.389 e. The van der Waals surface area contributed by atoms with Gasteiger partial charge in [0.25, 0.3) is 0 Å². The number of rotatable bonds is 5. The lowest BCUT2D eigenvalue weighted by Crippen LogP contribution is -2.16. The van der Waals surface area contributed by atoms with Gasteiger partial charge in [-0.05, 0) is 42.3 Å². The summed E-state index contributed by atoms with van der Waals surface area (Å²) >= 11 is 7.31. The SMILES string of the molecule is N[C@@H](CCC(F)(F)F)c1ccccc1Sc1ccc(Cl)cc1. The minimum absolute atomic E-state index is 0.123. The number of benzene rings is 2. The van der Waals surface area contributed by atoms with Crippen LogP contribution in [0.2, 0.25) is 5.02 Å². The number of halogens is 4. The average Bonchev–Trinajstić information content (AvgIpc) is 2.47. The van der Waals surface area contributed by atoms with E-state index < -0.39 is 18.6 Å². The van der Waals surface area contributed by atoms with E-state index in [4.69, 9.17) is 17.3 Å². The zero-order chi connectivity index (χ0) is 16.2. The highest BCUT2D eigenvalue weighted by Gasteiger charge is 2.28. The molecular formula is C16H15ClF3NS. The van der Waals surface area contributed by atoms with Crippen LogP contribution in [0, 0.1) is 0 Å². The van der Waals surface area contributed by atoms with Gasteiger partial charge in [0, 0.05) is 27.3 Å². The second kappa shape index (κ2) is 7.40. The molecule has 1 atom stereocenters. The molecule has 0 bridgehead atoms. The van der Waals surface area contributed by atoms with E-state index in [1.807, 2.05) is 24.3 Å². The van der Waals surface area contributed by atoms with Crippen LogP contribution < -0.4 is 5.73 Å². The van der Waals surface area contributed by atoms with E-state index in [1.54, 1.807) is 24.3 Å². The molecule has 0 saturated carbocycles. The third-order valence-electron chi connectivity index (χ3n) is 3.10. The Morgan fingerprint density at radius 3 is 2.32 bits per heavy atom. The van der Waals surface area contributed by atoms with Crippen LogP contribution >= 0.6 is 23.4 Å². The molecular weight excluding hydrogens is 331 g/mol. The Morgan fingerprint density at radius 2 is 1.68 bits per heavy atom. The zero-order valence-corrected chi connectivity index (χ0v) is 13.2. The van der Waals surface area contributed by atoms with Crippen molar-refractivity contribution in [2.75, 3.05) is 0 Å². The van der Waals surface area contributed by atoms with E-state index in [1.165, 1.54) is 11.8 Å². The molecule has 0 aliphatic rings. The van der Waals surface area contributed by atoms with Crippen LogP contribution in [0.3, 0.4) is 0 Å². The van der Waals surface area contributed by atoms with Crippen molar-refractivity contribution in [2.24, 2.45) is 5.73 Å². The molecule has 0 saturated heterocycles. The van der Waals surface area contributed by atoms with Gasteiger partial charge in [-0.25, -0.2) is 0 Å². The summed E-state index contributed by atoms with van der Waals surface area (Å²) in [5, 5.41) is 0.638. The van der Waals surface area contributed by atoms with Gasteiger partial charge in [-0.3, -0.25) is 0 Å². The summed E-state index contributed by atoms with van der Waals surface area (Å²) in [4.78, 5) is 1.82. The van der Waals surface area contributed by atoms with Crippen molar-refractivity contribution in [3.05, 3.63) is 59.1 Å². The van der Waals surface area contributed by atoms with Crippen LogP contribution in [0.25, 0.3) is 0 Å². The number of hydrogen-bond acceptors (Lipinski definition) is 2. The lowest BCUT2D eigenvalue weighted by Gasteiger charge is -2.17. The molecule has 0 aliphatic carbocycles. The maximum Gasteiger partial charge on any atom is 0.389 e. The molecule has 0 fully saturated rings. The lowest BCUT2D eigenvalue weighted by atomic mass is 10.0. The third kappa shape index (κ3) is 5.23. The first-order valence-electron chi connectivity index (χ1n) is 6.70. The van der Waals surface area contributed by atoms with Crippen molar-refractivity contribution in [3.63, 3.8) is 0 Å². The first kappa shape index (κ1) is 17.2. The maximum atomic E-state index is 12.3. The Morgan fingerprint density at radius 1 is 1.05 bits per heavy atom. The Labute approximate surface area is 136 Å². The molecule has 118 valence electrons. The van der Waals surface area contributed by atoms with E-state index in [9.17, 15) is 13.2 Å². The van der Waals surface area contributed by atoms with Gasteiger partial charge in [0.05, 0.1) is 0 Å². The molecule has 1 nitrogen and oxygen atoms in total. The monoisotopic (exact) mass is 345 g/mol. The molecule has 0 heterocycles. The highest BCUT2D eigenvalue weighted by Crippen LogP contribution is 2.35. The van der Waals surface area contributed by atoms with Crippen molar-refractivity contribution in [1.82, 2.24) is 0 Å². The first-order valence-corrected chi connectivity index (χ1v) is 7.89. The predicted octanol–water partition coefficient (Wildman–Crippen LogP) is 5.83. The first-order chi connectivity index (χ1) is 10.3. The highest BCUT2D eigenvalue weighted by molar-refractivity contribution is 7.99. The molecule has 0 amide bonds. The fourth-order valence-corrected chi connectivity index (χ4v) is 3.12. The van der Waals surface area contributed by atoms with Crippen molar-refractivity contribution in [3.8, 4) is 0 Å². The molecule has 2 rings (SSSR count). The molecule has 0 aromatic heterocycles. The summed E-state index contributed by atoms with van der Waals surface area (Å²) in [7, 11) is 0. The van der Waals surface area contributed by atoms with Gasteiger partial charge in [-0.1, -0.05) is 41.6 Å². The molecule has 2 N–H and O–H groups in total. The summed E-state index contributed by atoms with van der Waals surface area (Å²) in [6, 6.07) is 13.9. The van der Waals surface area contributed by atoms with Gasteiger partial charge < -0.3 is 5.73 Å². The standard InChI is InChI=1S/C16H15ClF3NS/c17-11-5-7-12(8-6-11)22-15-4-2-1-3-13(15)14(21)9-10-16(18,19)20/h1-8,14H,9-10,21H2/t14-/m0/s1. The van der Waals surface area contributed by atoms with E-state index >= 15 is 0 Å². The molecule has 0 spiro atoms. The fraction of sp³-hybridized carbons (Fsp3) is 0.250. The van der Waals surface area contributed by atoms with Crippen molar-refractivity contribution in [1.29, 1.82) is 0 Å². The van der Waals surface area contributed by atoms with Gasteiger partial charge >= 0.3 is 6.18 Å². The quantitative estimate of drug-likeness (QED) is 0.737. The Bertz CT molecular complexity index is 614. The molecule has 0 aliphatic heterocycles. The Kier molecular flexibility index (Phi) is 5.78. The zero-order valence-electron chi connectivity index (χ0n) is 11.6. The molecule has 0 radical (unpaired) electrons. The minimum atomic E-state index is -4.18. The van der Waals surface area contributed by atoms with Crippen LogP contribution in [0.4, 0.5) is 13.2 Å². The van der Waals surface area contributed by atoms with Gasteiger partial charge in [0.2, 0.25) is 0 Å². The summed E-state index contributed by atoms with van der Waals surface area (Å²) < 4.78 is 37.0. The van der Waals surface area contributed by atoms with Crippen LogP contribution in [0.1, 0.15) is 24.4 Å². The van der Waals surface area contributed by atoms with Crippen molar-refractivity contribution >= 4 is 23.4 Å². The molecule has 2 aromatic rings. The smallest absolute Gasteiger partial charge is 0.324 e. The lowest BCUT2D eigenvalue weighted by molar-refractivity contribution is -0.136. The van der Waals surface area contributed by atoms with Gasteiger partial charge in [0.1, 0.15) is 0 Å². The number of alkyl halides is 3. The van der Waals surface area contributed by atoms with Gasteiger partial charge in [-0.2, -0.15) is 13.2 Å². The van der Waals surface area contributed by atoms with E-state index in [2.05, 4.69) is 0 Å². The molecule has 6 heteroatoms. The molecule has 22 heavy (non-hydrogen) atoms. The van der Waals surface area contributed by atoms with Crippen LogP contribution in [0.15, 0.2) is 58.3 Å².